The van der Waals surface area contributed by atoms with E-state index in [1.807, 2.05) is 30.3 Å². The van der Waals surface area contributed by atoms with Crippen molar-refractivity contribution < 1.29 is 19.4 Å². The largest absolute Gasteiger partial charge is 0.504 e. The maximum atomic E-state index is 13.5. The van der Waals surface area contributed by atoms with E-state index in [1.54, 1.807) is 38.1 Å². The van der Waals surface area contributed by atoms with Crippen LogP contribution in [0.3, 0.4) is 0 Å². The van der Waals surface area contributed by atoms with Gasteiger partial charge in [0.05, 0.1) is 35.6 Å². The number of para-hydroxylation sites is 1. The lowest BCUT2D eigenvalue weighted by Gasteiger charge is -2.24. The summed E-state index contributed by atoms with van der Waals surface area (Å²) in [4.78, 5) is 31.3. The van der Waals surface area contributed by atoms with Crippen molar-refractivity contribution in [2.24, 2.45) is 4.99 Å². The molecule has 0 amide bonds. The summed E-state index contributed by atoms with van der Waals surface area (Å²) in [5.74, 6) is -0.236. The molecule has 2 aromatic carbocycles. The van der Waals surface area contributed by atoms with E-state index in [1.165, 1.54) is 23.0 Å². The Hall–Kier alpha value is -3.65. The molecule has 0 fully saturated rings. The van der Waals surface area contributed by atoms with Crippen molar-refractivity contribution in [1.29, 1.82) is 0 Å². The number of nitrogens with zero attached hydrogens (tertiary/aromatic N) is 2. The van der Waals surface area contributed by atoms with Crippen LogP contribution in [0.25, 0.3) is 6.08 Å². The smallest absolute Gasteiger partial charge is 0.338 e. The number of phenols is 1. The molecule has 3 aromatic rings. The quantitative estimate of drug-likeness (QED) is 0.604. The van der Waals surface area contributed by atoms with E-state index < -0.39 is 12.0 Å². The number of benzene rings is 2. The number of aromatic hydroxyl groups is 1. The fraction of sp³-hybridized carbons (Fsp3) is 0.208. The fourth-order valence-electron chi connectivity index (χ4n) is 3.70. The van der Waals surface area contributed by atoms with Crippen LogP contribution in [0.5, 0.6) is 11.5 Å². The lowest BCUT2D eigenvalue weighted by molar-refractivity contribution is -0.139. The molecule has 1 atom stereocenters. The van der Waals surface area contributed by atoms with E-state index in [2.05, 4.69) is 4.99 Å². The van der Waals surface area contributed by atoms with Crippen LogP contribution in [0.2, 0.25) is 0 Å². The third-order valence-corrected chi connectivity index (χ3v) is 6.15. The number of aromatic nitrogens is 1. The summed E-state index contributed by atoms with van der Waals surface area (Å²) in [6.45, 7) is 3.70. The highest BCUT2D eigenvalue weighted by Gasteiger charge is 2.33. The van der Waals surface area contributed by atoms with Gasteiger partial charge in [-0.2, -0.15) is 0 Å². The van der Waals surface area contributed by atoms with Crippen LogP contribution >= 0.6 is 11.3 Å². The van der Waals surface area contributed by atoms with Gasteiger partial charge in [0, 0.05) is 5.56 Å². The molecule has 0 saturated carbocycles. The number of hydrogen-bond acceptors (Lipinski definition) is 7. The van der Waals surface area contributed by atoms with Crippen LogP contribution < -0.4 is 19.6 Å². The van der Waals surface area contributed by atoms with Crippen LogP contribution in [-0.4, -0.2) is 29.4 Å². The monoisotopic (exact) mass is 450 g/mol. The van der Waals surface area contributed by atoms with Crippen molar-refractivity contribution in [2.75, 3.05) is 13.7 Å². The van der Waals surface area contributed by atoms with Crippen molar-refractivity contribution in [2.45, 2.75) is 19.9 Å². The summed E-state index contributed by atoms with van der Waals surface area (Å²) in [5.41, 5.74) is 1.77. The predicted molar refractivity (Wildman–Crippen MR) is 121 cm³/mol. The molecular formula is C24H22N2O5S. The average Bonchev–Trinajstić information content (AvgIpc) is 3.09. The second kappa shape index (κ2) is 8.84. The Labute approximate surface area is 188 Å². The minimum atomic E-state index is -0.660. The van der Waals surface area contributed by atoms with Gasteiger partial charge in [-0.25, -0.2) is 9.79 Å². The number of fused-ring (bicyclic) bond motifs is 1. The highest BCUT2D eigenvalue weighted by molar-refractivity contribution is 7.07. The molecule has 1 aliphatic heterocycles. The van der Waals surface area contributed by atoms with Gasteiger partial charge < -0.3 is 14.6 Å². The molecule has 8 heteroatoms. The summed E-state index contributed by atoms with van der Waals surface area (Å²) >= 11 is 1.20. The highest BCUT2D eigenvalue weighted by atomic mass is 32.1. The van der Waals surface area contributed by atoms with Gasteiger partial charge in [-0.05, 0) is 31.6 Å². The molecule has 2 heterocycles. The van der Waals surface area contributed by atoms with E-state index in [0.717, 1.165) is 5.56 Å². The van der Waals surface area contributed by atoms with Crippen molar-refractivity contribution in [3.05, 3.63) is 90.6 Å². The van der Waals surface area contributed by atoms with Gasteiger partial charge in [0.25, 0.3) is 5.56 Å². The third-order valence-electron chi connectivity index (χ3n) is 5.17. The fourth-order valence-corrected chi connectivity index (χ4v) is 4.74. The molecule has 164 valence electrons. The van der Waals surface area contributed by atoms with Crippen molar-refractivity contribution in [3.8, 4) is 11.5 Å². The van der Waals surface area contributed by atoms with Crippen molar-refractivity contribution in [1.82, 2.24) is 4.57 Å². The molecule has 0 saturated heterocycles. The molecule has 1 unspecified atom stereocenters. The molecule has 1 N–H and O–H groups in total. The summed E-state index contributed by atoms with van der Waals surface area (Å²) in [5, 5.41) is 10.4. The average molecular weight is 451 g/mol. The molecule has 0 aliphatic carbocycles. The standard InChI is InChI=1S/C24H22N2O5S/c1-4-31-23(29)19-14(2)25-24-26(20(19)15-9-6-5-7-10-15)22(28)18(32-24)13-16-11-8-12-17(30-3)21(16)27/h5-13,20,27H,4H2,1-3H3/b18-13-. The zero-order valence-corrected chi connectivity index (χ0v) is 18.7. The highest BCUT2D eigenvalue weighted by Crippen LogP contribution is 2.31. The SMILES string of the molecule is CCOC(=O)C1=C(C)N=c2s/c(=C\c3cccc(OC)c3O)c(=O)n2C1c1ccccc1. The topological polar surface area (TPSA) is 90.1 Å². The first-order valence-corrected chi connectivity index (χ1v) is 10.9. The summed E-state index contributed by atoms with van der Waals surface area (Å²) in [7, 11) is 1.46. The van der Waals surface area contributed by atoms with Gasteiger partial charge >= 0.3 is 5.97 Å². The number of phenolic OH excluding ortho intramolecular Hbond substituents is 1. The Balaban J connectivity index is 1.96. The van der Waals surface area contributed by atoms with Gasteiger partial charge in [0.1, 0.15) is 0 Å². The summed E-state index contributed by atoms with van der Waals surface area (Å²) < 4.78 is 12.3. The first-order chi connectivity index (χ1) is 15.5. The Kier molecular flexibility index (Phi) is 5.96. The predicted octanol–water partition coefficient (Wildman–Crippen LogP) is 2.51. The molecule has 4 rings (SSSR count). The van der Waals surface area contributed by atoms with E-state index in [9.17, 15) is 14.7 Å². The molecule has 7 nitrogen and oxygen atoms in total. The van der Waals surface area contributed by atoms with Gasteiger partial charge in [-0.1, -0.05) is 53.8 Å². The van der Waals surface area contributed by atoms with Crippen LogP contribution in [0.1, 0.15) is 31.0 Å². The Morgan fingerprint density at radius 3 is 2.66 bits per heavy atom. The summed E-state index contributed by atoms with van der Waals surface area (Å²) in [6.07, 6.45) is 1.60. The molecular weight excluding hydrogens is 428 g/mol. The zero-order valence-electron chi connectivity index (χ0n) is 17.9. The number of carbonyl (C=O) groups excluding carboxylic acids is 1. The maximum absolute atomic E-state index is 13.5. The molecule has 0 radical (unpaired) electrons. The Morgan fingerprint density at radius 1 is 1.22 bits per heavy atom. The van der Waals surface area contributed by atoms with Gasteiger partial charge in [0.2, 0.25) is 0 Å². The maximum Gasteiger partial charge on any atom is 0.338 e. The number of methoxy groups -OCH3 is 1. The summed E-state index contributed by atoms with van der Waals surface area (Å²) in [6, 6.07) is 13.7. The lowest BCUT2D eigenvalue weighted by atomic mass is 9.96. The number of rotatable bonds is 5. The number of hydrogen-bond donors (Lipinski definition) is 1. The number of esters is 1. The van der Waals surface area contributed by atoms with Crippen LogP contribution in [0.4, 0.5) is 0 Å². The number of ether oxygens (including phenoxy) is 2. The molecule has 1 aliphatic rings. The molecule has 1 aromatic heterocycles. The van der Waals surface area contributed by atoms with Crippen LogP contribution in [-0.2, 0) is 9.53 Å². The van der Waals surface area contributed by atoms with Gasteiger partial charge in [0.15, 0.2) is 16.3 Å². The minimum absolute atomic E-state index is 0.0520. The van der Waals surface area contributed by atoms with Gasteiger partial charge in [-0.15, -0.1) is 0 Å². The van der Waals surface area contributed by atoms with Crippen LogP contribution in [0, 0.1) is 0 Å². The number of allylic oxidation sites excluding steroid dienone is 1. The Bertz CT molecular complexity index is 1390. The van der Waals surface area contributed by atoms with E-state index in [-0.39, 0.29) is 17.9 Å². The second-order valence-electron chi connectivity index (χ2n) is 7.11. The lowest BCUT2D eigenvalue weighted by Crippen LogP contribution is -2.39. The molecule has 32 heavy (non-hydrogen) atoms. The van der Waals surface area contributed by atoms with Crippen molar-refractivity contribution in [3.63, 3.8) is 0 Å². The number of carbonyl (C=O) groups is 1. The molecule has 0 spiro atoms. The zero-order chi connectivity index (χ0) is 22.8. The van der Waals surface area contributed by atoms with E-state index >= 15 is 0 Å². The Morgan fingerprint density at radius 2 is 1.97 bits per heavy atom. The number of thiazole rings is 1. The van der Waals surface area contributed by atoms with E-state index in [0.29, 0.717) is 31.9 Å². The minimum Gasteiger partial charge on any atom is -0.504 e. The first kappa shape index (κ1) is 21.6. The first-order valence-electron chi connectivity index (χ1n) is 10.1. The van der Waals surface area contributed by atoms with Crippen molar-refractivity contribution >= 4 is 23.4 Å². The van der Waals surface area contributed by atoms with E-state index in [4.69, 9.17) is 9.47 Å². The normalized spacial score (nSPS) is 15.8. The van der Waals surface area contributed by atoms with Gasteiger partial charge in [-0.3, -0.25) is 9.36 Å². The second-order valence-corrected chi connectivity index (χ2v) is 8.12. The third kappa shape index (κ3) is 3.73. The van der Waals surface area contributed by atoms with Crippen LogP contribution in [0.15, 0.2) is 69.6 Å². The molecule has 0 bridgehead atoms.